The van der Waals surface area contributed by atoms with Crippen LogP contribution in [0, 0.1) is 17.8 Å². The van der Waals surface area contributed by atoms with E-state index in [1.807, 2.05) is 6.92 Å². The van der Waals surface area contributed by atoms with Crippen molar-refractivity contribution >= 4 is 35.3 Å². The molecule has 1 aliphatic carbocycles. The van der Waals surface area contributed by atoms with Crippen LogP contribution in [0.15, 0.2) is 18.2 Å². The Morgan fingerprint density at radius 3 is 2.59 bits per heavy atom. The van der Waals surface area contributed by atoms with Crippen molar-refractivity contribution < 1.29 is 22.7 Å². The van der Waals surface area contributed by atoms with Crippen LogP contribution in [0.3, 0.4) is 0 Å². The summed E-state index contributed by atoms with van der Waals surface area (Å²) in [5.41, 5.74) is -2.18. The van der Waals surface area contributed by atoms with E-state index in [1.54, 1.807) is 29.6 Å². The summed E-state index contributed by atoms with van der Waals surface area (Å²) < 4.78 is 47.0. The number of anilines is 1. The van der Waals surface area contributed by atoms with E-state index in [4.69, 9.17) is 4.74 Å². The van der Waals surface area contributed by atoms with E-state index in [1.165, 1.54) is 12.1 Å². The van der Waals surface area contributed by atoms with Crippen molar-refractivity contribution in [2.24, 2.45) is 5.92 Å². The van der Waals surface area contributed by atoms with Crippen LogP contribution in [-0.4, -0.2) is 23.8 Å². The molecule has 1 aromatic carbocycles. The number of hydrogen-bond acceptors (Lipinski definition) is 4. The summed E-state index contributed by atoms with van der Waals surface area (Å²) in [5.74, 6) is 6.82. The van der Waals surface area contributed by atoms with E-state index in [-0.39, 0.29) is 21.2 Å². The Balaban J connectivity index is 1.86. The van der Waals surface area contributed by atoms with Gasteiger partial charge in [-0.1, -0.05) is 12.0 Å². The van der Waals surface area contributed by atoms with E-state index >= 15 is 0 Å². The van der Waals surface area contributed by atoms with Crippen LogP contribution in [0.25, 0.3) is 0 Å². The summed E-state index contributed by atoms with van der Waals surface area (Å²) in [4.78, 5) is 11.9. The maximum absolute atomic E-state index is 14.2. The second-order valence-electron chi connectivity index (χ2n) is 6.99. The van der Waals surface area contributed by atoms with Gasteiger partial charge in [-0.25, -0.2) is 4.79 Å². The lowest BCUT2D eigenvalue weighted by molar-refractivity contribution is -0.239. The van der Waals surface area contributed by atoms with Gasteiger partial charge >= 0.3 is 12.3 Å². The highest BCUT2D eigenvalue weighted by Crippen LogP contribution is 2.53. The van der Waals surface area contributed by atoms with Crippen molar-refractivity contribution in [1.29, 1.82) is 0 Å². The molecular formula is C19H18F3NO2S2. The first-order valence-electron chi connectivity index (χ1n) is 8.76. The number of cyclic esters (lactones) is 1. The van der Waals surface area contributed by atoms with Gasteiger partial charge in [0.2, 0.25) is 0 Å². The number of carbonyl (C=O) groups excluding carboxylic acids is 1. The molecule has 1 amide bonds. The number of rotatable bonds is 1. The molecule has 0 radical (unpaired) electrons. The molecule has 0 aromatic heterocycles. The van der Waals surface area contributed by atoms with E-state index in [2.05, 4.69) is 17.2 Å². The van der Waals surface area contributed by atoms with Crippen LogP contribution in [-0.2, 0) is 14.4 Å². The molecule has 1 saturated carbocycles. The van der Waals surface area contributed by atoms with Crippen molar-refractivity contribution in [2.45, 2.75) is 42.0 Å². The normalized spacial score (nSPS) is 26.9. The maximum Gasteiger partial charge on any atom is 0.445 e. The number of benzene rings is 1. The number of fused-ring (bicyclic) bond motifs is 1. The lowest BCUT2D eigenvalue weighted by atomic mass is 9.88. The Labute approximate surface area is 164 Å². The molecule has 2 aliphatic heterocycles. The van der Waals surface area contributed by atoms with Gasteiger partial charge in [-0.15, -0.1) is 23.5 Å². The van der Waals surface area contributed by atoms with Gasteiger partial charge < -0.3 is 4.74 Å². The monoisotopic (exact) mass is 413 g/mol. The summed E-state index contributed by atoms with van der Waals surface area (Å²) in [6, 6.07) is 4.83. The maximum atomic E-state index is 14.2. The molecule has 2 heterocycles. The minimum atomic E-state index is -4.84. The van der Waals surface area contributed by atoms with Gasteiger partial charge in [0.15, 0.2) is 0 Å². The second kappa shape index (κ2) is 6.56. The van der Waals surface area contributed by atoms with E-state index < -0.39 is 17.9 Å². The van der Waals surface area contributed by atoms with Crippen LogP contribution in [0.2, 0.25) is 0 Å². The molecule has 1 aromatic rings. The van der Waals surface area contributed by atoms with Crippen LogP contribution in [0.1, 0.15) is 37.3 Å². The molecule has 8 heteroatoms. The Bertz CT molecular complexity index is 836. The molecule has 3 aliphatic rings. The highest BCUT2D eigenvalue weighted by Gasteiger charge is 2.62. The third kappa shape index (κ3) is 3.40. The minimum Gasteiger partial charge on any atom is -0.415 e. The Kier molecular flexibility index (Phi) is 4.59. The Morgan fingerprint density at radius 1 is 1.26 bits per heavy atom. The highest BCUT2D eigenvalue weighted by atomic mass is 32.2. The standard InChI is InChI=1S/C19H18F3NO2S2/c1-17(26-9-2-10-27-17)13-5-6-15-14(11-13)18(19(20,21)22,25-16(24)23-15)8-7-12-3-4-12/h5-6,11-12H,2-4,9-10H2,1H3,(H,23,24). The summed E-state index contributed by atoms with van der Waals surface area (Å²) in [5, 5.41) is 2.39. The smallest absolute Gasteiger partial charge is 0.415 e. The van der Waals surface area contributed by atoms with Crippen LogP contribution in [0.5, 0.6) is 0 Å². The molecule has 0 spiro atoms. The van der Waals surface area contributed by atoms with Crippen LogP contribution >= 0.6 is 23.5 Å². The topological polar surface area (TPSA) is 38.3 Å². The van der Waals surface area contributed by atoms with Crippen LogP contribution < -0.4 is 5.32 Å². The molecule has 27 heavy (non-hydrogen) atoms. The van der Waals surface area contributed by atoms with Gasteiger partial charge in [0, 0.05) is 11.5 Å². The van der Waals surface area contributed by atoms with Crippen molar-refractivity contribution in [2.75, 3.05) is 16.8 Å². The SMILES string of the molecule is CC1(c2ccc3c(c2)C(C#CC2CC2)(C(F)(F)F)OC(=O)N3)SCCCS1. The molecule has 1 N–H and O–H groups in total. The molecule has 1 unspecified atom stereocenters. The molecule has 1 saturated heterocycles. The third-order valence-electron chi connectivity index (χ3n) is 4.88. The molecule has 4 rings (SSSR count). The van der Waals surface area contributed by atoms with Gasteiger partial charge in [0.1, 0.15) is 0 Å². The van der Waals surface area contributed by atoms with Crippen molar-refractivity contribution in [1.82, 2.24) is 0 Å². The third-order valence-corrected chi connectivity index (χ3v) is 8.14. The molecule has 0 bridgehead atoms. The first-order valence-corrected chi connectivity index (χ1v) is 10.7. The Morgan fingerprint density at radius 2 is 1.96 bits per heavy atom. The molecule has 1 atom stereocenters. The van der Waals surface area contributed by atoms with E-state index in [9.17, 15) is 18.0 Å². The van der Waals surface area contributed by atoms with Gasteiger partial charge in [-0.3, -0.25) is 5.32 Å². The second-order valence-corrected chi connectivity index (χ2v) is 10.3. The predicted molar refractivity (Wildman–Crippen MR) is 102 cm³/mol. The average Bonchev–Trinajstić information content (AvgIpc) is 3.43. The van der Waals surface area contributed by atoms with Gasteiger partial charge in [0.25, 0.3) is 5.60 Å². The zero-order valence-corrected chi connectivity index (χ0v) is 16.2. The summed E-state index contributed by atoms with van der Waals surface area (Å²) >= 11 is 3.45. The number of hydrogen-bond donors (Lipinski definition) is 1. The number of halogens is 3. The zero-order chi connectivity index (χ0) is 19.3. The first kappa shape index (κ1) is 18.9. The summed E-state index contributed by atoms with van der Waals surface area (Å²) in [7, 11) is 0. The number of thioether (sulfide) groups is 2. The highest BCUT2D eigenvalue weighted by molar-refractivity contribution is 8.18. The van der Waals surface area contributed by atoms with Gasteiger partial charge in [-0.2, -0.15) is 13.2 Å². The number of carbonyl (C=O) groups is 1. The predicted octanol–water partition coefficient (Wildman–Crippen LogP) is 5.46. The molecule has 2 fully saturated rings. The number of amides is 1. The lowest BCUT2D eigenvalue weighted by Crippen LogP contribution is -2.49. The lowest BCUT2D eigenvalue weighted by Gasteiger charge is -2.38. The quantitative estimate of drug-likeness (QED) is 0.621. The fraction of sp³-hybridized carbons (Fsp3) is 0.526. The van der Waals surface area contributed by atoms with Crippen molar-refractivity contribution in [3.8, 4) is 11.8 Å². The number of alkyl halides is 3. The van der Waals surface area contributed by atoms with E-state index in [0.29, 0.717) is 0 Å². The Hall–Kier alpha value is -1.46. The fourth-order valence-electron chi connectivity index (χ4n) is 3.16. The van der Waals surface area contributed by atoms with Gasteiger partial charge in [0.05, 0.1) is 9.77 Å². The molecular weight excluding hydrogens is 395 g/mol. The molecule has 144 valence electrons. The minimum absolute atomic E-state index is 0.0496. The van der Waals surface area contributed by atoms with Crippen molar-refractivity contribution in [3.63, 3.8) is 0 Å². The zero-order valence-electron chi connectivity index (χ0n) is 14.6. The van der Waals surface area contributed by atoms with Crippen LogP contribution in [0.4, 0.5) is 23.7 Å². The number of nitrogens with one attached hydrogen (secondary N) is 1. The average molecular weight is 413 g/mol. The van der Waals surface area contributed by atoms with E-state index in [0.717, 1.165) is 36.3 Å². The largest absolute Gasteiger partial charge is 0.445 e. The first-order chi connectivity index (χ1) is 12.7. The summed E-state index contributed by atoms with van der Waals surface area (Å²) in [6.07, 6.45) is -3.33. The fourth-order valence-corrected chi connectivity index (χ4v) is 6.12. The summed E-state index contributed by atoms with van der Waals surface area (Å²) in [6.45, 7) is 2.02. The van der Waals surface area contributed by atoms with Gasteiger partial charge in [-0.05, 0) is 61.3 Å². The number of ether oxygens (including phenoxy) is 1. The molecule has 3 nitrogen and oxygen atoms in total. The van der Waals surface area contributed by atoms with Crippen molar-refractivity contribution in [3.05, 3.63) is 29.3 Å².